The standard InChI is InChI=1S/C57H35N3O/c1-2-14-41-33-44(30-25-36(41)11-1)49-22-10-24-52-54(49)51-32-31-43(35-53(51)61-52)42-17-7-18-45(34-42)56-58-55(59-57(60-56)50-23-9-16-38-13-4-6-20-48(38)50)40-28-26-39(27-29-40)47-21-8-15-37-12-3-5-19-46(37)47/h1-35H. The summed E-state index contributed by atoms with van der Waals surface area (Å²) in [4.78, 5) is 15.5. The molecule has 0 amide bonds. The molecular weight excluding hydrogens is 743 g/mol. The minimum atomic E-state index is 0.609. The highest BCUT2D eigenvalue weighted by molar-refractivity contribution is 6.13. The molecule has 0 radical (unpaired) electrons. The van der Waals surface area contributed by atoms with Crippen LogP contribution in [0.1, 0.15) is 0 Å². The van der Waals surface area contributed by atoms with Gasteiger partial charge in [0.25, 0.3) is 0 Å². The smallest absolute Gasteiger partial charge is 0.164 e. The molecule has 2 aromatic heterocycles. The van der Waals surface area contributed by atoms with Gasteiger partial charge in [0.15, 0.2) is 17.5 Å². The predicted octanol–water partition coefficient (Wildman–Crippen LogP) is 15.2. The molecule has 284 valence electrons. The lowest BCUT2D eigenvalue weighted by atomic mass is 9.96. The van der Waals surface area contributed by atoms with Crippen LogP contribution in [0.2, 0.25) is 0 Å². The quantitative estimate of drug-likeness (QED) is 0.169. The highest BCUT2D eigenvalue weighted by Crippen LogP contribution is 2.40. The summed E-state index contributed by atoms with van der Waals surface area (Å²) in [5, 5.41) is 9.33. The molecule has 0 saturated heterocycles. The normalized spacial score (nSPS) is 11.6. The lowest BCUT2D eigenvalue weighted by Crippen LogP contribution is -2.00. The van der Waals surface area contributed by atoms with Crippen molar-refractivity contribution in [1.82, 2.24) is 15.0 Å². The Hall–Kier alpha value is -8.21. The molecule has 12 rings (SSSR count). The van der Waals surface area contributed by atoms with Gasteiger partial charge in [-0.25, -0.2) is 15.0 Å². The van der Waals surface area contributed by atoms with E-state index in [9.17, 15) is 0 Å². The highest BCUT2D eigenvalue weighted by atomic mass is 16.3. The number of hydrogen-bond acceptors (Lipinski definition) is 4. The van der Waals surface area contributed by atoms with Crippen molar-refractivity contribution in [3.63, 3.8) is 0 Å². The van der Waals surface area contributed by atoms with Crippen LogP contribution in [0.15, 0.2) is 217 Å². The summed E-state index contributed by atoms with van der Waals surface area (Å²) in [6.45, 7) is 0. The van der Waals surface area contributed by atoms with Crippen LogP contribution in [-0.2, 0) is 0 Å². The summed E-state index contributed by atoms with van der Waals surface area (Å²) in [6, 6.07) is 74.7. The first-order valence-electron chi connectivity index (χ1n) is 20.6. The molecule has 0 bridgehead atoms. The van der Waals surface area contributed by atoms with E-state index in [4.69, 9.17) is 19.4 Å². The summed E-state index contributed by atoms with van der Waals surface area (Å²) >= 11 is 0. The third kappa shape index (κ3) is 6.12. The second kappa shape index (κ2) is 14.3. The van der Waals surface area contributed by atoms with Gasteiger partial charge in [-0.1, -0.05) is 182 Å². The lowest BCUT2D eigenvalue weighted by Gasteiger charge is -2.12. The van der Waals surface area contributed by atoms with Crippen LogP contribution >= 0.6 is 0 Å². The van der Waals surface area contributed by atoms with Crippen molar-refractivity contribution in [3.05, 3.63) is 212 Å². The van der Waals surface area contributed by atoms with Gasteiger partial charge in [0.05, 0.1) is 0 Å². The number of rotatable bonds is 6. The molecule has 10 aromatic carbocycles. The van der Waals surface area contributed by atoms with Gasteiger partial charge in [0.1, 0.15) is 11.2 Å². The van der Waals surface area contributed by atoms with Gasteiger partial charge < -0.3 is 4.42 Å². The average Bonchev–Trinajstić information content (AvgIpc) is 3.72. The van der Waals surface area contributed by atoms with E-state index < -0.39 is 0 Å². The van der Waals surface area contributed by atoms with Crippen LogP contribution in [0.5, 0.6) is 0 Å². The van der Waals surface area contributed by atoms with Gasteiger partial charge in [-0.3, -0.25) is 0 Å². The molecule has 12 aromatic rings. The van der Waals surface area contributed by atoms with Crippen molar-refractivity contribution < 1.29 is 4.42 Å². The fraction of sp³-hybridized carbons (Fsp3) is 0. The van der Waals surface area contributed by atoms with Crippen molar-refractivity contribution in [2.75, 3.05) is 0 Å². The Morgan fingerprint density at radius 1 is 0.262 bits per heavy atom. The molecule has 0 spiro atoms. The maximum atomic E-state index is 6.57. The molecule has 4 nitrogen and oxygen atoms in total. The van der Waals surface area contributed by atoms with Crippen LogP contribution in [0.25, 0.3) is 122 Å². The second-order valence-corrected chi connectivity index (χ2v) is 15.6. The van der Waals surface area contributed by atoms with Crippen molar-refractivity contribution in [3.8, 4) is 67.5 Å². The number of nitrogens with zero attached hydrogens (tertiary/aromatic N) is 3. The summed E-state index contributed by atoms with van der Waals surface area (Å²) in [7, 11) is 0. The van der Waals surface area contributed by atoms with Gasteiger partial charge in [-0.05, 0) is 96.0 Å². The average molecular weight is 778 g/mol. The Morgan fingerprint density at radius 2 is 0.803 bits per heavy atom. The number of benzene rings is 10. The first-order valence-corrected chi connectivity index (χ1v) is 20.6. The van der Waals surface area contributed by atoms with Gasteiger partial charge >= 0.3 is 0 Å². The molecule has 0 fully saturated rings. The Morgan fingerprint density at radius 3 is 1.61 bits per heavy atom. The van der Waals surface area contributed by atoms with Gasteiger partial charge in [0, 0.05) is 27.5 Å². The fourth-order valence-corrected chi connectivity index (χ4v) is 8.89. The SMILES string of the molecule is c1cc(-c2ccc3c(c2)oc2cccc(-c4ccc5ccccc5c4)c23)cc(-c2nc(-c3ccc(-c4cccc5ccccc45)cc3)nc(-c3cccc4ccccc34)n2)c1. The second-order valence-electron chi connectivity index (χ2n) is 15.6. The maximum Gasteiger partial charge on any atom is 0.164 e. The van der Waals surface area contributed by atoms with Gasteiger partial charge in [-0.15, -0.1) is 0 Å². The predicted molar refractivity (Wildman–Crippen MR) is 252 cm³/mol. The van der Waals surface area contributed by atoms with Crippen LogP contribution in [0.4, 0.5) is 0 Å². The number of furan rings is 1. The summed E-state index contributed by atoms with van der Waals surface area (Å²) in [5.74, 6) is 1.86. The van der Waals surface area contributed by atoms with E-state index in [1.165, 1.54) is 32.7 Å². The Bertz CT molecular complexity index is 3650. The molecule has 0 saturated carbocycles. The monoisotopic (exact) mass is 777 g/mol. The highest BCUT2D eigenvalue weighted by Gasteiger charge is 2.17. The minimum absolute atomic E-state index is 0.609. The number of hydrogen-bond donors (Lipinski definition) is 0. The van der Waals surface area contributed by atoms with E-state index >= 15 is 0 Å². The summed E-state index contributed by atoms with van der Waals surface area (Å²) in [5.41, 5.74) is 11.3. The summed E-state index contributed by atoms with van der Waals surface area (Å²) in [6.07, 6.45) is 0. The third-order valence-electron chi connectivity index (χ3n) is 11.9. The first-order chi connectivity index (χ1) is 30.2. The third-order valence-corrected chi connectivity index (χ3v) is 11.9. The molecule has 0 atom stereocenters. The van der Waals surface area contributed by atoms with E-state index in [-0.39, 0.29) is 0 Å². The molecule has 2 heterocycles. The van der Waals surface area contributed by atoms with E-state index in [1.807, 2.05) is 0 Å². The van der Waals surface area contributed by atoms with E-state index in [2.05, 4.69) is 212 Å². The maximum absolute atomic E-state index is 6.57. The molecule has 0 aliphatic heterocycles. The minimum Gasteiger partial charge on any atom is -0.456 e. The molecular formula is C57H35N3O. The van der Waals surface area contributed by atoms with Crippen LogP contribution in [0, 0.1) is 0 Å². The molecule has 61 heavy (non-hydrogen) atoms. The van der Waals surface area contributed by atoms with Crippen molar-refractivity contribution in [2.24, 2.45) is 0 Å². The lowest BCUT2D eigenvalue weighted by molar-refractivity contribution is 0.669. The molecule has 4 heteroatoms. The molecule has 0 aliphatic rings. The van der Waals surface area contributed by atoms with Crippen molar-refractivity contribution >= 4 is 54.3 Å². The van der Waals surface area contributed by atoms with Gasteiger partial charge in [0.2, 0.25) is 0 Å². The van der Waals surface area contributed by atoms with Crippen LogP contribution < -0.4 is 0 Å². The van der Waals surface area contributed by atoms with Crippen LogP contribution in [-0.4, -0.2) is 15.0 Å². The van der Waals surface area contributed by atoms with E-state index in [0.29, 0.717) is 17.5 Å². The largest absolute Gasteiger partial charge is 0.456 e. The van der Waals surface area contributed by atoms with E-state index in [0.717, 1.165) is 71.7 Å². The molecule has 0 unspecified atom stereocenters. The Labute approximate surface area is 352 Å². The topological polar surface area (TPSA) is 51.8 Å². The van der Waals surface area contributed by atoms with E-state index in [1.54, 1.807) is 0 Å². The zero-order chi connectivity index (χ0) is 40.3. The zero-order valence-corrected chi connectivity index (χ0v) is 33.0. The zero-order valence-electron chi connectivity index (χ0n) is 33.0. The van der Waals surface area contributed by atoms with Crippen molar-refractivity contribution in [2.45, 2.75) is 0 Å². The first kappa shape index (κ1) is 34.8. The van der Waals surface area contributed by atoms with Crippen LogP contribution in [0.3, 0.4) is 0 Å². The molecule has 0 aliphatic carbocycles. The Balaban J connectivity index is 0.955. The number of aromatic nitrogens is 3. The Kier molecular flexibility index (Phi) is 8.13. The van der Waals surface area contributed by atoms with Gasteiger partial charge in [-0.2, -0.15) is 0 Å². The summed E-state index contributed by atoms with van der Waals surface area (Å²) < 4.78 is 6.57. The fourth-order valence-electron chi connectivity index (χ4n) is 8.89. The van der Waals surface area contributed by atoms with Crippen molar-refractivity contribution in [1.29, 1.82) is 0 Å². The number of fused-ring (bicyclic) bond motifs is 6. The molecule has 0 N–H and O–H groups in total.